The fourth-order valence-corrected chi connectivity index (χ4v) is 17.7. The van der Waals surface area contributed by atoms with Gasteiger partial charge in [0.1, 0.15) is 0 Å². The SMILES string of the molecule is CC1C=CC=C(c2cccc3cccc(-c4ccccc4N(c4ccc(-c5ccc6c(c5)C(c5ccccc5)(c5ccccc5)c5ccccc5-6)cc4)c4ccc5c(c4)C4(c6ccccc6-5)C5CC6CC7CC4C675)c23)C1. The Morgan fingerprint density at radius 2 is 0.987 bits per heavy atom. The van der Waals surface area contributed by atoms with E-state index in [9.17, 15) is 0 Å². The Bertz CT molecular complexity index is 4050. The Labute approximate surface area is 446 Å². The van der Waals surface area contributed by atoms with Crippen molar-refractivity contribution < 1.29 is 0 Å². The summed E-state index contributed by atoms with van der Waals surface area (Å²) in [6.45, 7) is 2.33. The highest BCUT2D eigenvalue weighted by Crippen LogP contribution is 2.95. The third kappa shape index (κ3) is 5.36. The van der Waals surface area contributed by atoms with Gasteiger partial charge in [0.15, 0.2) is 0 Å². The largest absolute Gasteiger partial charge is 0.310 e. The van der Waals surface area contributed by atoms with Crippen LogP contribution in [0, 0.1) is 35.0 Å². The second kappa shape index (κ2) is 15.7. The van der Waals surface area contributed by atoms with E-state index in [1.807, 2.05) is 0 Å². The average Bonchev–Trinajstić information content (AvgIpc) is 1.89. The monoisotopic (exact) mass is 971 g/mol. The molecule has 4 saturated carbocycles. The first-order chi connectivity index (χ1) is 37.6. The van der Waals surface area contributed by atoms with Gasteiger partial charge in [-0.15, -0.1) is 0 Å². The summed E-state index contributed by atoms with van der Waals surface area (Å²) in [5.74, 6) is 3.91. The highest BCUT2D eigenvalue weighted by Gasteiger charge is 2.90. The molecule has 0 bridgehead atoms. The quantitative estimate of drug-likeness (QED) is 0.147. The van der Waals surface area contributed by atoms with Gasteiger partial charge in [0.25, 0.3) is 0 Å². The predicted molar refractivity (Wildman–Crippen MR) is 314 cm³/mol. The molecule has 76 heavy (non-hydrogen) atoms. The number of allylic oxidation sites excluding steroid dienone is 4. The van der Waals surface area contributed by atoms with E-state index in [1.165, 1.54) is 119 Å². The standard InChI is InChI=1S/C75H57N/c1-47-17-14-20-51(41-47)58-28-15-18-49-19-16-29-64(72(49)58)63-27-10-13-32-69(63)76(57-38-40-62-60-26-9-12-31-66(60)75(68(62)46-57)70-44-54-43-55-45-71(75)74(54,55)70)56-36-33-48(34-37-56)50-35-39-61-59-25-8-11-30-65(59)73(67(61)42-50,52-21-4-2-5-22-52)53-23-6-3-7-24-53/h2-40,42,46-47,54-55,70-71H,41,43-45H2,1H3. The molecule has 10 aromatic carbocycles. The van der Waals surface area contributed by atoms with Crippen LogP contribution in [-0.4, -0.2) is 0 Å². The number of hydrogen-bond donors (Lipinski definition) is 0. The molecular formula is C75H57N. The van der Waals surface area contributed by atoms with E-state index in [4.69, 9.17) is 0 Å². The number of rotatable bonds is 8. The molecule has 0 heterocycles. The summed E-state index contributed by atoms with van der Waals surface area (Å²) in [5.41, 5.74) is 25.4. The molecule has 4 fully saturated rings. The van der Waals surface area contributed by atoms with E-state index in [0.29, 0.717) is 11.3 Å². The van der Waals surface area contributed by atoms with E-state index in [0.717, 1.165) is 35.8 Å². The van der Waals surface area contributed by atoms with Crippen molar-refractivity contribution in [2.45, 2.75) is 43.4 Å². The molecule has 362 valence electrons. The van der Waals surface area contributed by atoms with Crippen molar-refractivity contribution in [1.29, 1.82) is 0 Å². The van der Waals surface area contributed by atoms with Gasteiger partial charge in [-0.3, -0.25) is 0 Å². The topological polar surface area (TPSA) is 3.24 Å². The molecule has 0 aromatic heterocycles. The lowest BCUT2D eigenvalue weighted by Gasteiger charge is -2.92. The van der Waals surface area contributed by atoms with Gasteiger partial charge in [0.05, 0.1) is 11.1 Å². The molecule has 0 N–H and O–H groups in total. The van der Waals surface area contributed by atoms with E-state index >= 15 is 0 Å². The van der Waals surface area contributed by atoms with Gasteiger partial charge >= 0.3 is 0 Å². The minimum Gasteiger partial charge on any atom is -0.310 e. The molecule has 17 rings (SSSR count). The number of anilines is 3. The highest BCUT2D eigenvalue weighted by molar-refractivity contribution is 6.07. The Morgan fingerprint density at radius 3 is 1.70 bits per heavy atom. The molecule has 2 spiro atoms. The van der Waals surface area contributed by atoms with Crippen LogP contribution < -0.4 is 4.90 Å². The van der Waals surface area contributed by atoms with E-state index in [2.05, 4.69) is 261 Å². The maximum atomic E-state index is 2.66. The number of hydrogen-bond acceptors (Lipinski definition) is 1. The van der Waals surface area contributed by atoms with Crippen molar-refractivity contribution in [1.82, 2.24) is 0 Å². The molecule has 0 amide bonds. The van der Waals surface area contributed by atoms with Crippen LogP contribution in [0.5, 0.6) is 0 Å². The van der Waals surface area contributed by atoms with Gasteiger partial charge in [0, 0.05) is 22.4 Å². The van der Waals surface area contributed by atoms with Crippen LogP contribution in [0.3, 0.4) is 0 Å². The lowest BCUT2D eigenvalue weighted by atomic mass is 9.11. The summed E-state index contributed by atoms with van der Waals surface area (Å²) in [7, 11) is 0. The van der Waals surface area contributed by atoms with Gasteiger partial charge < -0.3 is 4.90 Å². The molecule has 7 aliphatic carbocycles. The summed E-state index contributed by atoms with van der Waals surface area (Å²) in [5, 5.41) is 2.60. The molecule has 0 radical (unpaired) electrons. The van der Waals surface area contributed by atoms with E-state index in [1.54, 1.807) is 11.1 Å². The zero-order valence-corrected chi connectivity index (χ0v) is 42.8. The van der Waals surface area contributed by atoms with Gasteiger partial charge in [-0.05, 0) is 191 Å². The second-order valence-corrected chi connectivity index (χ2v) is 23.5. The van der Waals surface area contributed by atoms with Crippen molar-refractivity contribution in [3.8, 4) is 44.5 Å². The van der Waals surface area contributed by atoms with Crippen LogP contribution in [0.15, 0.2) is 249 Å². The number of nitrogens with zero attached hydrogens (tertiary/aromatic N) is 1. The molecule has 0 aliphatic heterocycles. The van der Waals surface area contributed by atoms with Crippen molar-refractivity contribution in [2.24, 2.45) is 35.0 Å². The van der Waals surface area contributed by atoms with Crippen LogP contribution in [0.25, 0.3) is 60.9 Å². The fraction of sp³-hybridized carbons (Fsp3) is 0.173. The normalized spacial score (nSPS) is 24.8. The van der Waals surface area contributed by atoms with Crippen molar-refractivity contribution in [3.05, 3.63) is 288 Å². The minimum atomic E-state index is -0.459. The first-order valence-corrected chi connectivity index (χ1v) is 28.1. The number of fused-ring (bicyclic) bond motifs is 11. The molecular weight excluding hydrogens is 915 g/mol. The van der Waals surface area contributed by atoms with Crippen LogP contribution in [0.4, 0.5) is 17.1 Å². The van der Waals surface area contributed by atoms with Crippen LogP contribution in [0.2, 0.25) is 0 Å². The van der Waals surface area contributed by atoms with Crippen molar-refractivity contribution in [3.63, 3.8) is 0 Å². The summed E-state index contributed by atoms with van der Waals surface area (Å²) in [6, 6.07) is 88.3. The Morgan fingerprint density at radius 1 is 0.421 bits per heavy atom. The van der Waals surface area contributed by atoms with Gasteiger partial charge in [-0.2, -0.15) is 0 Å². The molecule has 1 nitrogen and oxygen atoms in total. The van der Waals surface area contributed by atoms with Crippen molar-refractivity contribution >= 4 is 33.4 Å². The third-order valence-electron chi connectivity index (χ3n) is 20.6. The summed E-state index contributed by atoms with van der Waals surface area (Å²) in [4.78, 5) is 2.60. The van der Waals surface area contributed by atoms with E-state index < -0.39 is 5.41 Å². The van der Waals surface area contributed by atoms with Gasteiger partial charge in [-0.1, -0.05) is 219 Å². The summed E-state index contributed by atoms with van der Waals surface area (Å²) >= 11 is 0. The van der Waals surface area contributed by atoms with Crippen LogP contribution in [-0.2, 0) is 10.8 Å². The maximum Gasteiger partial charge on any atom is 0.0713 e. The second-order valence-electron chi connectivity index (χ2n) is 23.5. The summed E-state index contributed by atoms with van der Waals surface area (Å²) in [6.07, 6.45) is 12.2. The van der Waals surface area contributed by atoms with Crippen LogP contribution in [0.1, 0.15) is 71.6 Å². The molecule has 10 aromatic rings. The third-order valence-corrected chi connectivity index (χ3v) is 20.6. The predicted octanol–water partition coefficient (Wildman–Crippen LogP) is 18.9. The number of benzene rings is 10. The summed E-state index contributed by atoms with van der Waals surface area (Å²) < 4.78 is 0. The Kier molecular flexibility index (Phi) is 8.86. The zero-order chi connectivity index (χ0) is 49.9. The van der Waals surface area contributed by atoms with E-state index in [-0.39, 0.29) is 5.41 Å². The molecule has 1 heteroatoms. The zero-order valence-electron chi connectivity index (χ0n) is 42.8. The minimum absolute atomic E-state index is 0.107. The Hall–Kier alpha value is -8.26. The molecule has 5 atom stereocenters. The first-order valence-electron chi connectivity index (χ1n) is 28.1. The lowest BCUT2D eigenvalue weighted by molar-refractivity contribution is -0.412. The van der Waals surface area contributed by atoms with Crippen LogP contribution >= 0.6 is 0 Å². The first kappa shape index (κ1) is 43.0. The average molecular weight is 972 g/mol. The lowest BCUT2D eigenvalue weighted by Crippen LogP contribution is -2.88. The smallest absolute Gasteiger partial charge is 0.0713 e. The molecule has 0 saturated heterocycles. The molecule has 7 aliphatic rings. The maximum absolute atomic E-state index is 2.66. The number of para-hydroxylation sites is 1. The Balaban J connectivity index is 0.848. The highest BCUT2D eigenvalue weighted by atomic mass is 15.1. The fourth-order valence-electron chi connectivity index (χ4n) is 17.7. The van der Waals surface area contributed by atoms with Gasteiger partial charge in [-0.25, -0.2) is 0 Å². The van der Waals surface area contributed by atoms with Gasteiger partial charge in [0.2, 0.25) is 0 Å². The van der Waals surface area contributed by atoms with Crippen molar-refractivity contribution in [2.75, 3.05) is 4.90 Å². The molecule has 5 unspecified atom stereocenters.